The number of carboxylic acids is 1. The van der Waals surface area contributed by atoms with Crippen molar-refractivity contribution < 1.29 is 22.3 Å². The number of pyridine rings is 1. The molecule has 0 spiro atoms. The molecule has 0 aliphatic heterocycles. The Kier molecular flexibility index (Phi) is 5.35. The fourth-order valence-electron chi connectivity index (χ4n) is 3.85. The Labute approximate surface area is 163 Å². The molecule has 0 fully saturated rings. The number of carbonyl (C=O) groups is 1. The molecular formula is C21H21ClNO2S-. The van der Waals surface area contributed by atoms with Gasteiger partial charge in [0, 0.05) is 16.0 Å². The number of hydrogen-bond donors (Lipinski definition) is 1. The first-order valence-electron chi connectivity index (χ1n) is 8.77. The van der Waals surface area contributed by atoms with Crippen LogP contribution in [0.15, 0.2) is 24.3 Å². The second-order valence-corrected chi connectivity index (χ2v) is 7.96. The normalized spacial score (nSPS) is 13.3. The fraction of sp³-hybridized carbons (Fsp3) is 0.333. The van der Waals surface area contributed by atoms with Gasteiger partial charge in [-0.2, -0.15) is 0 Å². The summed E-state index contributed by atoms with van der Waals surface area (Å²) in [7, 11) is 0. The van der Waals surface area contributed by atoms with E-state index in [1.54, 1.807) is 11.3 Å². The number of aromatic nitrogens is 1. The van der Waals surface area contributed by atoms with Crippen molar-refractivity contribution in [1.29, 1.82) is 0 Å². The third kappa shape index (κ3) is 3.24. The van der Waals surface area contributed by atoms with Crippen molar-refractivity contribution in [2.45, 2.75) is 46.0 Å². The Morgan fingerprint density at radius 2 is 1.85 bits per heavy atom. The first-order chi connectivity index (χ1) is 12.0. The lowest BCUT2D eigenvalue weighted by Gasteiger charge is -2.16. The molecule has 0 unspecified atom stereocenters. The average Bonchev–Trinajstić information content (AvgIpc) is 2.94. The monoisotopic (exact) mass is 386 g/mol. The van der Waals surface area contributed by atoms with Crippen LogP contribution in [0.25, 0.3) is 21.3 Å². The zero-order chi connectivity index (χ0) is 17.6. The molecule has 3 nitrogen and oxygen atoms in total. The maximum absolute atomic E-state index is 11.5. The topological polar surface area (TPSA) is 50.2 Å². The zero-order valence-corrected chi connectivity index (χ0v) is 16.5. The van der Waals surface area contributed by atoms with Gasteiger partial charge in [0.2, 0.25) is 0 Å². The lowest BCUT2D eigenvalue weighted by atomic mass is 9.89. The Morgan fingerprint density at radius 1 is 1.15 bits per heavy atom. The summed E-state index contributed by atoms with van der Waals surface area (Å²) >= 11 is 1.79. The summed E-state index contributed by atoms with van der Waals surface area (Å²) < 4.78 is 0. The van der Waals surface area contributed by atoms with Gasteiger partial charge < -0.3 is 17.5 Å². The van der Waals surface area contributed by atoms with E-state index < -0.39 is 5.97 Å². The summed E-state index contributed by atoms with van der Waals surface area (Å²) in [4.78, 5) is 18.8. The molecule has 1 N–H and O–H groups in total. The average molecular weight is 387 g/mol. The first-order valence-corrected chi connectivity index (χ1v) is 9.59. The number of halogens is 1. The second-order valence-electron chi connectivity index (χ2n) is 6.88. The summed E-state index contributed by atoms with van der Waals surface area (Å²) in [5.41, 5.74) is 6.49. The molecule has 0 saturated heterocycles. The van der Waals surface area contributed by atoms with Crippen LogP contribution in [0.4, 0.5) is 0 Å². The Balaban J connectivity index is 0.00000196. The van der Waals surface area contributed by atoms with E-state index in [0.717, 1.165) is 40.1 Å². The highest BCUT2D eigenvalue weighted by atomic mass is 35.5. The number of hydrogen-bond acceptors (Lipinski definition) is 3. The van der Waals surface area contributed by atoms with Crippen LogP contribution in [0.1, 0.15) is 40.1 Å². The largest absolute Gasteiger partial charge is 1.00 e. The van der Waals surface area contributed by atoms with E-state index in [2.05, 4.69) is 31.2 Å². The van der Waals surface area contributed by atoms with Crippen molar-refractivity contribution in [3.05, 3.63) is 51.5 Å². The molecule has 0 radical (unpaired) electrons. The van der Waals surface area contributed by atoms with Crippen LogP contribution >= 0.6 is 11.3 Å². The number of fused-ring (bicyclic) bond motifs is 3. The van der Waals surface area contributed by atoms with Crippen molar-refractivity contribution in [1.82, 2.24) is 4.98 Å². The van der Waals surface area contributed by atoms with Crippen LogP contribution in [0, 0.1) is 13.8 Å². The number of rotatable bonds is 3. The summed E-state index contributed by atoms with van der Waals surface area (Å²) in [6, 6.07) is 8.42. The molecule has 136 valence electrons. The van der Waals surface area contributed by atoms with Crippen molar-refractivity contribution in [2.75, 3.05) is 0 Å². The number of benzene rings is 1. The molecule has 0 atom stereocenters. The minimum atomic E-state index is -0.804. The molecule has 0 bridgehead atoms. The Hall–Kier alpha value is -1.91. The summed E-state index contributed by atoms with van der Waals surface area (Å²) in [6.07, 6.45) is 4.65. The van der Waals surface area contributed by atoms with E-state index in [-0.39, 0.29) is 18.8 Å². The van der Waals surface area contributed by atoms with Gasteiger partial charge in [0.15, 0.2) is 0 Å². The first kappa shape index (κ1) is 18.9. The van der Waals surface area contributed by atoms with Gasteiger partial charge in [0.05, 0.1) is 6.42 Å². The number of nitrogens with zero attached hydrogens (tertiary/aromatic N) is 1. The van der Waals surface area contributed by atoms with E-state index in [0.29, 0.717) is 0 Å². The number of aliphatic carboxylic acids is 1. The van der Waals surface area contributed by atoms with Crippen molar-refractivity contribution in [3.8, 4) is 11.1 Å². The molecule has 3 aromatic rings. The van der Waals surface area contributed by atoms with E-state index >= 15 is 0 Å². The van der Waals surface area contributed by atoms with Crippen molar-refractivity contribution in [2.24, 2.45) is 0 Å². The maximum atomic E-state index is 11.5. The highest BCUT2D eigenvalue weighted by molar-refractivity contribution is 7.19. The molecule has 5 heteroatoms. The molecular weight excluding hydrogens is 366 g/mol. The molecule has 1 aromatic carbocycles. The number of thiophene rings is 1. The van der Waals surface area contributed by atoms with Gasteiger partial charge in [-0.25, -0.2) is 4.98 Å². The van der Waals surface area contributed by atoms with Crippen molar-refractivity contribution >= 4 is 27.5 Å². The van der Waals surface area contributed by atoms with Gasteiger partial charge in [0.25, 0.3) is 0 Å². The van der Waals surface area contributed by atoms with Crippen LogP contribution in [-0.2, 0) is 24.1 Å². The molecule has 2 heterocycles. The smallest absolute Gasteiger partial charge is 0.307 e. The van der Waals surface area contributed by atoms with E-state index in [4.69, 9.17) is 4.98 Å². The van der Waals surface area contributed by atoms with Gasteiger partial charge in [0.1, 0.15) is 4.83 Å². The van der Waals surface area contributed by atoms with Gasteiger partial charge in [-0.05, 0) is 61.8 Å². The maximum Gasteiger partial charge on any atom is 0.307 e. The van der Waals surface area contributed by atoms with Crippen molar-refractivity contribution in [3.63, 3.8) is 0 Å². The molecule has 2 aromatic heterocycles. The summed E-state index contributed by atoms with van der Waals surface area (Å²) in [5.74, 6) is -0.804. The predicted octanol–water partition coefficient (Wildman–Crippen LogP) is 2.09. The molecule has 0 saturated carbocycles. The second kappa shape index (κ2) is 7.37. The third-order valence-corrected chi connectivity index (χ3v) is 6.26. The number of carboxylic acid groups (broad SMARTS) is 1. The van der Waals surface area contributed by atoms with Crippen LogP contribution in [-0.4, -0.2) is 16.1 Å². The van der Waals surface area contributed by atoms with E-state index in [9.17, 15) is 9.90 Å². The van der Waals surface area contributed by atoms with Crippen LogP contribution in [0.5, 0.6) is 0 Å². The highest BCUT2D eigenvalue weighted by Gasteiger charge is 2.24. The Bertz CT molecular complexity index is 976. The Morgan fingerprint density at radius 3 is 2.54 bits per heavy atom. The molecule has 26 heavy (non-hydrogen) atoms. The standard InChI is InChI=1S/C21H21NO2S.ClH/c1-12-7-9-14(10-8-12)19-16(11-18(23)24)13(2)22-21-20(19)15-5-3-4-6-17(15)25-21;/h7-10H,3-6,11H2,1-2H3,(H,23,24);1H/p-1. The minimum Gasteiger partial charge on any atom is -1.00 e. The lowest BCUT2D eigenvalue weighted by Crippen LogP contribution is -3.00. The summed E-state index contributed by atoms with van der Waals surface area (Å²) in [5, 5.41) is 10.6. The van der Waals surface area contributed by atoms with Gasteiger partial charge in [-0.1, -0.05) is 29.8 Å². The summed E-state index contributed by atoms with van der Waals surface area (Å²) in [6.45, 7) is 4.01. The zero-order valence-electron chi connectivity index (χ0n) is 14.9. The van der Waals surface area contributed by atoms with Gasteiger partial charge in [-0.15, -0.1) is 11.3 Å². The third-order valence-electron chi connectivity index (χ3n) is 5.08. The highest BCUT2D eigenvalue weighted by Crippen LogP contribution is 2.43. The minimum absolute atomic E-state index is 0. The van der Waals surface area contributed by atoms with Gasteiger partial charge in [-0.3, -0.25) is 4.79 Å². The lowest BCUT2D eigenvalue weighted by molar-refractivity contribution is -0.136. The molecule has 1 aliphatic rings. The van der Waals surface area contributed by atoms with E-state index in [1.807, 2.05) is 6.92 Å². The fourth-order valence-corrected chi connectivity index (χ4v) is 5.16. The molecule has 4 rings (SSSR count). The molecule has 1 aliphatic carbocycles. The predicted molar refractivity (Wildman–Crippen MR) is 103 cm³/mol. The number of aryl methyl sites for hydroxylation is 4. The van der Waals surface area contributed by atoms with Crippen LogP contribution < -0.4 is 12.4 Å². The quantitative estimate of drug-likeness (QED) is 0.749. The van der Waals surface area contributed by atoms with Gasteiger partial charge >= 0.3 is 5.97 Å². The van der Waals surface area contributed by atoms with E-state index in [1.165, 1.54) is 34.2 Å². The SMILES string of the molecule is Cc1ccc(-c2c(CC(=O)O)c(C)nc3sc4c(c23)CCCC4)cc1.[Cl-]. The molecule has 0 amide bonds. The van der Waals surface area contributed by atoms with Crippen LogP contribution in [0.3, 0.4) is 0 Å². The van der Waals surface area contributed by atoms with Crippen LogP contribution in [0.2, 0.25) is 0 Å².